The summed E-state index contributed by atoms with van der Waals surface area (Å²) in [6.07, 6.45) is 2.08. The number of amides is 1. The van der Waals surface area contributed by atoms with E-state index in [4.69, 9.17) is 9.47 Å². The summed E-state index contributed by atoms with van der Waals surface area (Å²) in [4.78, 5) is 11.9. The van der Waals surface area contributed by atoms with Gasteiger partial charge in [-0.25, -0.2) is 0 Å². The van der Waals surface area contributed by atoms with Crippen molar-refractivity contribution in [2.75, 3.05) is 19.5 Å². The van der Waals surface area contributed by atoms with E-state index in [-0.39, 0.29) is 5.91 Å². The highest BCUT2D eigenvalue weighted by molar-refractivity contribution is 5.92. The number of carbonyl (C=O) groups is 1. The van der Waals surface area contributed by atoms with Crippen LogP contribution in [0.2, 0.25) is 0 Å². The first kappa shape index (κ1) is 15.1. The number of methoxy groups -OCH3 is 2. The van der Waals surface area contributed by atoms with Crippen molar-refractivity contribution in [2.45, 2.75) is 18.9 Å². The maximum atomic E-state index is 11.9. The number of hydrogen-bond donors (Lipinski definition) is 2. The number of ether oxygens (including phenoxy) is 2. The Hall–Kier alpha value is -2.83. The molecule has 0 unspecified atom stereocenters. The third kappa shape index (κ3) is 3.68. The maximum absolute atomic E-state index is 11.9. The van der Waals surface area contributed by atoms with E-state index in [2.05, 4.69) is 20.8 Å². The molecular formula is C16H18N4O3. The molecule has 0 atom stereocenters. The molecule has 0 radical (unpaired) electrons. The van der Waals surface area contributed by atoms with Crippen LogP contribution in [0.4, 0.5) is 11.5 Å². The van der Waals surface area contributed by atoms with E-state index in [0.29, 0.717) is 29.1 Å². The first-order valence-corrected chi connectivity index (χ1v) is 7.33. The molecule has 1 amide bonds. The lowest BCUT2D eigenvalue weighted by Gasteiger charge is -2.11. The smallest absolute Gasteiger partial charge is 0.272 e. The fourth-order valence-electron chi connectivity index (χ4n) is 2.05. The minimum atomic E-state index is -0.187. The summed E-state index contributed by atoms with van der Waals surface area (Å²) in [6.45, 7) is 0. The number of benzene rings is 1. The van der Waals surface area contributed by atoms with Crippen molar-refractivity contribution < 1.29 is 14.3 Å². The molecule has 1 aliphatic carbocycles. The Morgan fingerprint density at radius 2 is 1.96 bits per heavy atom. The molecule has 3 rings (SSSR count). The first-order valence-electron chi connectivity index (χ1n) is 7.33. The normalized spacial score (nSPS) is 13.3. The van der Waals surface area contributed by atoms with Gasteiger partial charge in [0.15, 0.2) is 11.5 Å². The van der Waals surface area contributed by atoms with Crippen molar-refractivity contribution >= 4 is 17.4 Å². The average Bonchev–Trinajstić information content (AvgIpc) is 3.39. The predicted molar refractivity (Wildman–Crippen MR) is 85.3 cm³/mol. The molecule has 1 aromatic heterocycles. The molecule has 7 nitrogen and oxygen atoms in total. The van der Waals surface area contributed by atoms with Crippen LogP contribution in [0.3, 0.4) is 0 Å². The van der Waals surface area contributed by atoms with E-state index in [0.717, 1.165) is 18.5 Å². The number of nitrogens with zero attached hydrogens (tertiary/aromatic N) is 2. The monoisotopic (exact) mass is 314 g/mol. The Morgan fingerprint density at radius 3 is 2.57 bits per heavy atom. The van der Waals surface area contributed by atoms with Crippen LogP contribution in [0.15, 0.2) is 30.3 Å². The number of anilines is 2. The summed E-state index contributed by atoms with van der Waals surface area (Å²) in [5.74, 6) is 1.66. The molecule has 1 aliphatic rings. The summed E-state index contributed by atoms with van der Waals surface area (Å²) < 4.78 is 10.5. The standard InChI is InChI=1S/C16H18N4O3/c1-22-11-5-6-12(14(9-11)23-2)18-15-8-7-13(19-20-15)16(21)17-10-3-4-10/h5-10H,3-4H2,1-2H3,(H,17,21)(H,18,20). The largest absolute Gasteiger partial charge is 0.497 e. The fourth-order valence-corrected chi connectivity index (χ4v) is 2.05. The van der Waals surface area contributed by atoms with Crippen molar-refractivity contribution in [3.8, 4) is 11.5 Å². The van der Waals surface area contributed by atoms with Crippen LogP contribution in [-0.4, -0.2) is 36.4 Å². The van der Waals surface area contributed by atoms with E-state index < -0.39 is 0 Å². The number of hydrogen-bond acceptors (Lipinski definition) is 6. The van der Waals surface area contributed by atoms with Crippen molar-refractivity contribution in [1.29, 1.82) is 0 Å². The lowest BCUT2D eigenvalue weighted by atomic mass is 10.2. The average molecular weight is 314 g/mol. The summed E-state index contributed by atoms with van der Waals surface area (Å²) in [7, 11) is 3.18. The SMILES string of the molecule is COc1ccc(Nc2ccc(C(=O)NC3CC3)nn2)c(OC)c1. The summed E-state index contributed by atoms with van der Waals surface area (Å²) >= 11 is 0. The number of nitrogens with one attached hydrogen (secondary N) is 2. The summed E-state index contributed by atoms with van der Waals surface area (Å²) in [5.41, 5.74) is 1.04. The van der Waals surface area contributed by atoms with E-state index in [1.165, 1.54) is 0 Å². The Kier molecular flexibility index (Phi) is 4.27. The van der Waals surface area contributed by atoms with Gasteiger partial charge in [0.2, 0.25) is 0 Å². The Labute approximate surface area is 134 Å². The van der Waals surface area contributed by atoms with Gasteiger partial charge in [-0.3, -0.25) is 4.79 Å². The second kappa shape index (κ2) is 6.51. The fraction of sp³-hybridized carbons (Fsp3) is 0.312. The van der Waals surface area contributed by atoms with Crippen LogP contribution >= 0.6 is 0 Å². The Balaban J connectivity index is 1.71. The van der Waals surface area contributed by atoms with Gasteiger partial charge in [-0.1, -0.05) is 0 Å². The van der Waals surface area contributed by atoms with Gasteiger partial charge >= 0.3 is 0 Å². The quantitative estimate of drug-likeness (QED) is 0.849. The van der Waals surface area contributed by atoms with E-state index >= 15 is 0 Å². The molecular weight excluding hydrogens is 296 g/mol. The van der Waals surface area contributed by atoms with Crippen molar-refractivity contribution in [3.63, 3.8) is 0 Å². The Morgan fingerprint density at radius 1 is 1.13 bits per heavy atom. The van der Waals surface area contributed by atoms with Crippen LogP contribution in [0.25, 0.3) is 0 Å². The molecule has 1 fully saturated rings. The molecule has 120 valence electrons. The molecule has 1 aromatic carbocycles. The van der Waals surface area contributed by atoms with Gasteiger partial charge in [-0.15, -0.1) is 10.2 Å². The van der Waals surface area contributed by atoms with Gasteiger partial charge in [0.25, 0.3) is 5.91 Å². The molecule has 0 aliphatic heterocycles. The van der Waals surface area contributed by atoms with Crippen molar-refractivity contribution in [3.05, 3.63) is 36.0 Å². The van der Waals surface area contributed by atoms with Crippen LogP contribution < -0.4 is 20.1 Å². The number of carbonyl (C=O) groups excluding carboxylic acids is 1. The van der Waals surface area contributed by atoms with E-state index in [1.54, 1.807) is 32.4 Å². The molecule has 1 heterocycles. The molecule has 0 spiro atoms. The van der Waals surface area contributed by atoms with Gasteiger partial charge < -0.3 is 20.1 Å². The van der Waals surface area contributed by atoms with Gasteiger partial charge in [0.1, 0.15) is 11.5 Å². The molecule has 2 aromatic rings. The van der Waals surface area contributed by atoms with Crippen LogP contribution in [0, 0.1) is 0 Å². The zero-order chi connectivity index (χ0) is 16.2. The minimum absolute atomic E-state index is 0.187. The summed E-state index contributed by atoms with van der Waals surface area (Å²) in [5, 5.41) is 14.0. The lowest BCUT2D eigenvalue weighted by Crippen LogP contribution is -2.26. The highest BCUT2D eigenvalue weighted by atomic mass is 16.5. The summed E-state index contributed by atoms with van der Waals surface area (Å²) in [6, 6.07) is 9.06. The molecule has 0 bridgehead atoms. The highest BCUT2D eigenvalue weighted by Gasteiger charge is 2.24. The number of rotatable bonds is 6. The third-order valence-corrected chi connectivity index (χ3v) is 3.48. The van der Waals surface area contributed by atoms with Gasteiger partial charge in [-0.05, 0) is 37.1 Å². The van der Waals surface area contributed by atoms with E-state index in [9.17, 15) is 4.79 Å². The van der Waals surface area contributed by atoms with Crippen molar-refractivity contribution in [1.82, 2.24) is 15.5 Å². The van der Waals surface area contributed by atoms with E-state index in [1.807, 2.05) is 12.1 Å². The maximum Gasteiger partial charge on any atom is 0.272 e. The van der Waals surface area contributed by atoms with Crippen LogP contribution in [0.5, 0.6) is 11.5 Å². The molecule has 1 saturated carbocycles. The van der Waals surface area contributed by atoms with Gasteiger partial charge in [-0.2, -0.15) is 0 Å². The topological polar surface area (TPSA) is 85.4 Å². The zero-order valence-electron chi connectivity index (χ0n) is 13.0. The highest BCUT2D eigenvalue weighted by Crippen LogP contribution is 2.30. The minimum Gasteiger partial charge on any atom is -0.497 e. The third-order valence-electron chi connectivity index (χ3n) is 3.48. The molecule has 23 heavy (non-hydrogen) atoms. The van der Waals surface area contributed by atoms with Crippen LogP contribution in [-0.2, 0) is 0 Å². The molecule has 7 heteroatoms. The first-order chi connectivity index (χ1) is 11.2. The van der Waals surface area contributed by atoms with Crippen LogP contribution in [0.1, 0.15) is 23.3 Å². The van der Waals surface area contributed by atoms with Gasteiger partial charge in [0, 0.05) is 12.1 Å². The number of aromatic nitrogens is 2. The predicted octanol–water partition coefficient (Wildman–Crippen LogP) is 2.13. The van der Waals surface area contributed by atoms with Gasteiger partial charge in [0.05, 0.1) is 19.9 Å². The van der Waals surface area contributed by atoms with Crippen molar-refractivity contribution in [2.24, 2.45) is 0 Å². The second-order valence-electron chi connectivity index (χ2n) is 5.24. The lowest BCUT2D eigenvalue weighted by molar-refractivity contribution is 0.0945. The zero-order valence-corrected chi connectivity index (χ0v) is 13.0. The Bertz CT molecular complexity index is 699. The second-order valence-corrected chi connectivity index (χ2v) is 5.24. The molecule has 0 saturated heterocycles. The molecule has 2 N–H and O–H groups in total.